The third kappa shape index (κ3) is 6.98. The highest BCUT2D eigenvalue weighted by atomic mass is 32.2. The molecule has 0 heterocycles. The van der Waals surface area contributed by atoms with Crippen molar-refractivity contribution in [3.05, 3.63) is 96.1 Å². The van der Waals surface area contributed by atoms with Crippen LogP contribution in [0.4, 0.5) is 11.4 Å². The Kier molecular flexibility index (Phi) is 10.0. The van der Waals surface area contributed by atoms with E-state index in [4.69, 9.17) is 9.47 Å². The standard InChI is InChI=1S/C31H38N2O4S/c1-7-36-29-22-25(32(3)4)19-18-24(29)14-12-13-17-31(38(34,35)27-15-10-9-11-16-27)28-21-20-26(33(5)6)23-30(28)37-8-2/h9-23,31H,7-8H2,1-6H3. The Morgan fingerprint density at radius 3 is 1.95 bits per heavy atom. The normalized spacial score (nSPS) is 12.6. The summed E-state index contributed by atoms with van der Waals surface area (Å²) >= 11 is 0. The van der Waals surface area contributed by atoms with Crippen LogP contribution in [0.3, 0.4) is 0 Å². The Hall–Kier alpha value is -3.71. The number of hydrogen-bond acceptors (Lipinski definition) is 6. The molecule has 0 fully saturated rings. The summed E-state index contributed by atoms with van der Waals surface area (Å²) in [6.07, 6.45) is 7.25. The predicted molar refractivity (Wildman–Crippen MR) is 158 cm³/mol. The molecular weight excluding hydrogens is 496 g/mol. The van der Waals surface area contributed by atoms with Gasteiger partial charge in [0.05, 0.1) is 18.1 Å². The Morgan fingerprint density at radius 2 is 1.34 bits per heavy atom. The fraction of sp³-hybridized carbons (Fsp3) is 0.290. The fourth-order valence-electron chi connectivity index (χ4n) is 3.99. The Bertz CT molecular complexity index is 1360. The van der Waals surface area contributed by atoms with Crippen molar-refractivity contribution in [2.45, 2.75) is 24.0 Å². The molecule has 38 heavy (non-hydrogen) atoms. The summed E-state index contributed by atoms with van der Waals surface area (Å²) in [5.41, 5.74) is 3.48. The number of hydrogen-bond donors (Lipinski definition) is 0. The molecular formula is C31H38N2O4S. The first-order chi connectivity index (χ1) is 18.2. The smallest absolute Gasteiger partial charge is 0.189 e. The van der Waals surface area contributed by atoms with E-state index in [9.17, 15) is 8.42 Å². The third-order valence-corrected chi connectivity index (χ3v) is 8.02. The molecule has 0 amide bonds. The van der Waals surface area contributed by atoms with Crippen molar-refractivity contribution in [2.75, 3.05) is 51.2 Å². The molecule has 3 rings (SSSR count). The van der Waals surface area contributed by atoms with Crippen molar-refractivity contribution < 1.29 is 17.9 Å². The van der Waals surface area contributed by atoms with E-state index in [1.54, 1.807) is 36.4 Å². The molecule has 1 unspecified atom stereocenters. The second-order valence-electron chi connectivity index (χ2n) is 9.12. The summed E-state index contributed by atoms with van der Waals surface area (Å²) in [6, 6.07) is 20.2. The highest BCUT2D eigenvalue weighted by Crippen LogP contribution is 2.38. The van der Waals surface area contributed by atoms with E-state index < -0.39 is 15.1 Å². The van der Waals surface area contributed by atoms with E-state index in [0.29, 0.717) is 24.5 Å². The van der Waals surface area contributed by atoms with Crippen molar-refractivity contribution in [1.82, 2.24) is 0 Å². The molecule has 7 heteroatoms. The van der Waals surface area contributed by atoms with Crippen molar-refractivity contribution >= 4 is 27.3 Å². The average molecular weight is 535 g/mol. The van der Waals surface area contributed by atoms with Crippen molar-refractivity contribution in [3.63, 3.8) is 0 Å². The second kappa shape index (κ2) is 13.2. The minimum absolute atomic E-state index is 0.260. The first-order valence-corrected chi connectivity index (χ1v) is 14.3. The van der Waals surface area contributed by atoms with Crippen molar-refractivity contribution in [1.29, 1.82) is 0 Å². The molecule has 0 spiro atoms. The predicted octanol–water partition coefficient (Wildman–Crippen LogP) is 6.40. The fourth-order valence-corrected chi connectivity index (χ4v) is 5.65. The quantitative estimate of drug-likeness (QED) is 0.251. The minimum Gasteiger partial charge on any atom is -0.493 e. The van der Waals surface area contributed by atoms with Crippen LogP contribution in [-0.4, -0.2) is 49.8 Å². The number of sulfone groups is 1. The molecule has 0 radical (unpaired) electrons. The first-order valence-electron chi connectivity index (χ1n) is 12.7. The van der Waals surface area contributed by atoms with Crippen LogP contribution in [0.1, 0.15) is 30.2 Å². The largest absolute Gasteiger partial charge is 0.493 e. The van der Waals surface area contributed by atoms with E-state index >= 15 is 0 Å². The number of anilines is 2. The molecule has 0 aromatic heterocycles. The lowest BCUT2D eigenvalue weighted by Crippen LogP contribution is -2.15. The number of benzene rings is 3. The number of nitrogens with zero attached hydrogens (tertiary/aromatic N) is 2. The van der Waals surface area contributed by atoms with Crippen LogP contribution >= 0.6 is 0 Å². The lowest BCUT2D eigenvalue weighted by Gasteiger charge is -2.21. The molecule has 0 aliphatic rings. The Balaban J connectivity index is 2.05. The monoisotopic (exact) mass is 534 g/mol. The molecule has 0 aliphatic carbocycles. The molecule has 3 aromatic carbocycles. The van der Waals surface area contributed by atoms with Gasteiger partial charge in [0, 0.05) is 62.8 Å². The van der Waals surface area contributed by atoms with Gasteiger partial charge in [-0.3, -0.25) is 0 Å². The molecule has 0 bridgehead atoms. The van der Waals surface area contributed by atoms with Crippen LogP contribution in [0.15, 0.2) is 89.9 Å². The van der Waals surface area contributed by atoms with E-state index in [2.05, 4.69) is 0 Å². The zero-order valence-corrected chi connectivity index (χ0v) is 23.9. The van der Waals surface area contributed by atoms with Gasteiger partial charge in [-0.15, -0.1) is 0 Å². The van der Waals surface area contributed by atoms with Crippen LogP contribution in [0, 0.1) is 0 Å². The van der Waals surface area contributed by atoms with Gasteiger partial charge in [-0.1, -0.05) is 48.6 Å². The highest BCUT2D eigenvalue weighted by Gasteiger charge is 2.29. The van der Waals surface area contributed by atoms with Crippen LogP contribution in [-0.2, 0) is 9.84 Å². The second-order valence-corrected chi connectivity index (χ2v) is 11.2. The van der Waals surface area contributed by atoms with E-state index in [1.807, 2.05) is 106 Å². The summed E-state index contributed by atoms with van der Waals surface area (Å²) in [4.78, 5) is 4.24. The van der Waals surface area contributed by atoms with Crippen LogP contribution in [0.2, 0.25) is 0 Å². The van der Waals surface area contributed by atoms with Gasteiger partial charge in [-0.2, -0.15) is 0 Å². The third-order valence-electron chi connectivity index (χ3n) is 6.01. The van der Waals surface area contributed by atoms with Gasteiger partial charge in [-0.25, -0.2) is 8.42 Å². The maximum atomic E-state index is 13.8. The SMILES string of the molecule is CCOc1cc(N(C)C)ccc1C=CC=CC(c1ccc(N(C)C)cc1OCC)S(=O)(=O)c1ccccc1. The Morgan fingerprint density at radius 1 is 0.763 bits per heavy atom. The first kappa shape index (κ1) is 28.9. The summed E-state index contributed by atoms with van der Waals surface area (Å²) in [5.74, 6) is 1.32. The van der Waals surface area contributed by atoms with Gasteiger partial charge in [0.2, 0.25) is 0 Å². The maximum absolute atomic E-state index is 13.8. The number of ether oxygens (including phenoxy) is 2. The van der Waals surface area contributed by atoms with Crippen molar-refractivity contribution in [2.24, 2.45) is 0 Å². The number of allylic oxidation sites excluding steroid dienone is 2. The zero-order valence-electron chi connectivity index (χ0n) is 23.1. The van der Waals surface area contributed by atoms with E-state index in [-0.39, 0.29) is 4.90 Å². The molecule has 0 N–H and O–H groups in total. The molecule has 1 atom stereocenters. The van der Waals surface area contributed by atoms with Crippen LogP contribution < -0.4 is 19.3 Å². The van der Waals surface area contributed by atoms with E-state index in [0.717, 1.165) is 22.7 Å². The van der Waals surface area contributed by atoms with Gasteiger partial charge in [0.25, 0.3) is 0 Å². The lowest BCUT2D eigenvalue weighted by molar-refractivity contribution is 0.337. The van der Waals surface area contributed by atoms with E-state index in [1.165, 1.54) is 0 Å². The van der Waals surface area contributed by atoms with Crippen LogP contribution in [0.25, 0.3) is 6.08 Å². The van der Waals surface area contributed by atoms with Gasteiger partial charge < -0.3 is 19.3 Å². The molecule has 0 saturated carbocycles. The minimum atomic E-state index is -3.75. The Labute approximate surface area is 227 Å². The molecule has 0 aliphatic heterocycles. The van der Waals surface area contributed by atoms with Crippen molar-refractivity contribution in [3.8, 4) is 11.5 Å². The average Bonchev–Trinajstić information content (AvgIpc) is 2.90. The molecule has 3 aromatic rings. The molecule has 6 nitrogen and oxygen atoms in total. The molecule has 0 saturated heterocycles. The highest BCUT2D eigenvalue weighted by molar-refractivity contribution is 7.91. The summed E-state index contributed by atoms with van der Waals surface area (Å²) in [5, 5.41) is -0.935. The summed E-state index contributed by atoms with van der Waals surface area (Å²) < 4.78 is 39.5. The molecule has 202 valence electrons. The van der Waals surface area contributed by atoms with Gasteiger partial charge in [0.15, 0.2) is 9.84 Å². The van der Waals surface area contributed by atoms with Gasteiger partial charge >= 0.3 is 0 Å². The number of rotatable bonds is 12. The topological polar surface area (TPSA) is 59.1 Å². The summed E-state index contributed by atoms with van der Waals surface area (Å²) in [7, 11) is 4.10. The zero-order chi connectivity index (χ0) is 27.7. The maximum Gasteiger partial charge on any atom is 0.189 e. The van der Waals surface area contributed by atoms with Gasteiger partial charge in [-0.05, 0) is 44.2 Å². The van der Waals surface area contributed by atoms with Gasteiger partial charge in [0.1, 0.15) is 16.7 Å². The lowest BCUT2D eigenvalue weighted by atomic mass is 10.1. The van der Waals surface area contributed by atoms with Crippen LogP contribution in [0.5, 0.6) is 11.5 Å². The summed E-state index contributed by atoms with van der Waals surface area (Å²) in [6.45, 7) is 4.82.